The number of benzene rings is 1. The number of nitrogens with one attached hydrogen (secondary N) is 1. The van der Waals surface area contributed by atoms with Crippen molar-refractivity contribution in [1.82, 2.24) is 10.3 Å². The van der Waals surface area contributed by atoms with Gasteiger partial charge in [-0.3, -0.25) is 4.79 Å². The van der Waals surface area contributed by atoms with Gasteiger partial charge in [0.25, 0.3) is 0 Å². The van der Waals surface area contributed by atoms with E-state index in [2.05, 4.69) is 10.3 Å². The molecule has 26 heavy (non-hydrogen) atoms. The molecule has 0 saturated heterocycles. The fourth-order valence-electron chi connectivity index (χ4n) is 2.34. The maximum Gasteiger partial charge on any atom is 0.221 e. The molecular weight excluding hydrogens is 372 g/mol. The van der Waals surface area contributed by atoms with Crippen molar-refractivity contribution in [3.63, 3.8) is 0 Å². The number of sulfone groups is 1. The minimum absolute atomic E-state index is 0.0832. The number of carbonyl (C=O) groups excluding carboxylic acids is 1. The van der Waals surface area contributed by atoms with Gasteiger partial charge >= 0.3 is 0 Å². The normalized spacial score (nSPS) is 11.4. The van der Waals surface area contributed by atoms with Gasteiger partial charge in [-0.15, -0.1) is 11.3 Å². The SMILES string of the molecule is Cc1nc(-c2ccco2)sc1CNC(=O)CCS(=O)(=O)c1ccccc1. The highest BCUT2D eigenvalue weighted by Gasteiger charge is 2.17. The summed E-state index contributed by atoms with van der Waals surface area (Å²) in [6.07, 6.45) is 1.50. The summed E-state index contributed by atoms with van der Waals surface area (Å²) in [5, 5.41) is 3.51. The Labute approximate surface area is 155 Å². The van der Waals surface area contributed by atoms with Crippen LogP contribution in [-0.4, -0.2) is 25.1 Å². The van der Waals surface area contributed by atoms with Gasteiger partial charge in [0.1, 0.15) is 0 Å². The number of furan rings is 1. The molecule has 6 nitrogen and oxygen atoms in total. The molecule has 0 aliphatic rings. The minimum atomic E-state index is -3.45. The van der Waals surface area contributed by atoms with Crippen LogP contribution in [0.5, 0.6) is 0 Å². The molecule has 0 aliphatic carbocycles. The van der Waals surface area contributed by atoms with Crippen LogP contribution in [0.1, 0.15) is 17.0 Å². The van der Waals surface area contributed by atoms with E-state index in [-0.39, 0.29) is 23.0 Å². The Morgan fingerprint density at radius 2 is 1.96 bits per heavy atom. The van der Waals surface area contributed by atoms with Crippen LogP contribution in [0.25, 0.3) is 10.8 Å². The standard InChI is InChI=1S/C18H18N2O4S2/c1-13-16(25-18(20-13)15-8-5-10-24-15)12-19-17(21)9-11-26(22,23)14-6-3-2-4-7-14/h2-8,10H,9,11-12H2,1H3,(H,19,21). The molecular formula is C18H18N2O4S2. The number of aryl methyl sites for hydroxylation is 1. The van der Waals surface area contributed by atoms with Gasteiger partial charge < -0.3 is 9.73 Å². The fraction of sp³-hybridized carbons (Fsp3) is 0.222. The topological polar surface area (TPSA) is 89.3 Å². The molecule has 0 radical (unpaired) electrons. The lowest BCUT2D eigenvalue weighted by molar-refractivity contribution is -0.120. The lowest BCUT2D eigenvalue weighted by atomic mass is 10.3. The first-order chi connectivity index (χ1) is 12.5. The molecule has 0 fully saturated rings. The predicted molar refractivity (Wildman–Crippen MR) is 99.5 cm³/mol. The largest absolute Gasteiger partial charge is 0.462 e. The molecule has 0 unspecified atom stereocenters. The molecule has 3 aromatic rings. The molecule has 2 aromatic heterocycles. The zero-order valence-corrected chi connectivity index (χ0v) is 15.8. The third kappa shape index (κ3) is 4.39. The highest BCUT2D eigenvalue weighted by atomic mass is 32.2. The van der Waals surface area contributed by atoms with E-state index in [4.69, 9.17) is 4.42 Å². The van der Waals surface area contributed by atoms with E-state index in [9.17, 15) is 13.2 Å². The second-order valence-corrected chi connectivity index (χ2v) is 8.86. The van der Waals surface area contributed by atoms with Crippen molar-refractivity contribution in [3.05, 3.63) is 59.3 Å². The number of thiazole rings is 1. The molecule has 8 heteroatoms. The number of hydrogen-bond donors (Lipinski definition) is 1. The smallest absolute Gasteiger partial charge is 0.221 e. The van der Waals surface area contributed by atoms with Crippen LogP contribution in [0.15, 0.2) is 58.0 Å². The maximum atomic E-state index is 12.2. The number of carbonyl (C=O) groups is 1. The van der Waals surface area contributed by atoms with Crippen LogP contribution in [-0.2, 0) is 21.2 Å². The van der Waals surface area contributed by atoms with Crippen LogP contribution in [0.4, 0.5) is 0 Å². The number of nitrogens with zero attached hydrogens (tertiary/aromatic N) is 1. The monoisotopic (exact) mass is 390 g/mol. The number of amides is 1. The van der Waals surface area contributed by atoms with E-state index in [1.807, 2.05) is 13.0 Å². The van der Waals surface area contributed by atoms with Crippen molar-refractivity contribution in [3.8, 4) is 10.8 Å². The Balaban J connectivity index is 1.55. The van der Waals surface area contributed by atoms with Gasteiger partial charge in [0.2, 0.25) is 5.91 Å². The third-order valence-corrected chi connectivity index (χ3v) is 6.67. The highest BCUT2D eigenvalue weighted by Crippen LogP contribution is 2.28. The average Bonchev–Trinajstić information content (AvgIpc) is 3.29. The zero-order chi connectivity index (χ0) is 18.6. The first-order valence-electron chi connectivity index (χ1n) is 8.00. The highest BCUT2D eigenvalue weighted by molar-refractivity contribution is 7.91. The quantitative estimate of drug-likeness (QED) is 0.669. The summed E-state index contributed by atoms with van der Waals surface area (Å²) in [5.41, 5.74) is 0.818. The van der Waals surface area contributed by atoms with Crippen molar-refractivity contribution in [2.45, 2.75) is 24.8 Å². The van der Waals surface area contributed by atoms with Gasteiger partial charge in [0.05, 0.1) is 29.2 Å². The van der Waals surface area contributed by atoms with E-state index in [1.54, 1.807) is 30.5 Å². The summed E-state index contributed by atoms with van der Waals surface area (Å²) in [7, 11) is -3.45. The summed E-state index contributed by atoms with van der Waals surface area (Å²) in [6.45, 7) is 2.18. The van der Waals surface area contributed by atoms with Gasteiger partial charge in [-0.2, -0.15) is 0 Å². The Morgan fingerprint density at radius 1 is 1.19 bits per heavy atom. The van der Waals surface area contributed by atoms with Crippen LogP contribution in [0.2, 0.25) is 0 Å². The Hall–Kier alpha value is -2.45. The van der Waals surface area contributed by atoms with Crippen LogP contribution in [0.3, 0.4) is 0 Å². The second kappa shape index (κ2) is 7.84. The van der Waals surface area contributed by atoms with E-state index < -0.39 is 9.84 Å². The average molecular weight is 390 g/mol. The number of aromatic nitrogens is 1. The van der Waals surface area contributed by atoms with Crippen LogP contribution < -0.4 is 5.32 Å². The maximum absolute atomic E-state index is 12.2. The van der Waals surface area contributed by atoms with Crippen molar-refractivity contribution in [2.75, 3.05) is 5.75 Å². The molecule has 136 valence electrons. The summed E-state index contributed by atoms with van der Waals surface area (Å²) < 4.78 is 29.7. The Kier molecular flexibility index (Phi) is 5.53. The molecule has 0 saturated carbocycles. The molecule has 0 aliphatic heterocycles. The lowest BCUT2D eigenvalue weighted by Gasteiger charge is -2.06. The van der Waals surface area contributed by atoms with Gasteiger partial charge in [-0.25, -0.2) is 13.4 Å². The summed E-state index contributed by atoms with van der Waals surface area (Å²) >= 11 is 1.44. The molecule has 1 aromatic carbocycles. The van der Waals surface area contributed by atoms with Gasteiger partial charge in [-0.05, 0) is 31.2 Å². The van der Waals surface area contributed by atoms with Crippen LogP contribution in [0, 0.1) is 6.92 Å². The van der Waals surface area contributed by atoms with Gasteiger partial charge in [-0.1, -0.05) is 18.2 Å². The van der Waals surface area contributed by atoms with Crippen molar-refractivity contribution in [2.24, 2.45) is 0 Å². The first-order valence-corrected chi connectivity index (χ1v) is 10.5. The van der Waals surface area contributed by atoms with Gasteiger partial charge in [0.15, 0.2) is 20.6 Å². The zero-order valence-electron chi connectivity index (χ0n) is 14.1. The van der Waals surface area contributed by atoms with E-state index in [1.165, 1.54) is 23.5 Å². The number of rotatable bonds is 7. The van der Waals surface area contributed by atoms with E-state index in [0.29, 0.717) is 12.3 Å². The molecule has 0 spiro atoms. The predicted octanol–water partition coefficient (Wildman–Crippen LogP) is 3.19. The van der Waals surface area contributed by atoms with E-state index >= 15 is 0 Å². The first kappa shape index (κ1) is 18.3. The number of hydrogen-bond acceptors (Lipinski definition) is 6. The molecule has 0 atom stereocenters. The Morgan fingerprint density at radius 3 is 2.65 bits per heavy atom. The molecule has 0 bridgehead atoms. The lowest BCUT2D eigenvalue weighted by Crippen LogP contribution is -2.25. The summed E-state index contributed by atoms with van der Waals surface area (Å²) in [6, 6.07) is 11.8. The second-order valence-electron chi connectivity index (χ2n) is 5.66. The fourth-order valence-corrected chi connectivity index (χ4v) is 4.57. The van der Waals surface area contributed by atoms with Crippen molar-refractivity contribution < 1.29 is 17.6 Å². The Bertz CT molecular complexity index is 978. The van der Waals surface area contributed by atoms with Gasteiger partial charge in [0, 0.05) is 11.3 Å². The molecule has 1 amide bonds. The van der Waals surface area contributed by atoms with Crippen LogP contribution >= 0.6 is 11.3 Å². The van der Waals surface area contributed by atoms with Crippen molar-refractivity contribution in [1.29, 1.82) is 0 Å². The summed E-state index contributed by atoms with van der Waals surface area (Å²) in [5.74, 6) is 0.156. The third-order valence-electron chi connectivity index (χ3n) is 3.77. The minimum Gasteiger partial charge on any atom is -0.462 e. The molecule has 1 N–H and O–H groups in total. The molecule has 2 heterocycles. The van der Waals surface area contributed by atoms with Crippen molar-refractivity contribution >= 4 is 27.1 Å². The summed E-state index contributed by atoms with van der Waals surface area (Å²) in [4.78, 5) is 17.6. The molecule has 3 rings (SSSR count). The van der Waals surface area contributed by atoms with E-state index in [0.717, 1.165) is 15.6 Å².